The highest BCUT2D eigenvalue weighted by atomic mass is 16.4. The van der Waals surface area contributed by atoms with Gasteiger partial charge in [0.2, 0.25) is 17.7 Å². The van der Waals surface area contributed by atoms with Crippen molar-refractivity contribution in [3.63, 3.8) is 0 Å². The Morgan fingerprint density at radius 2 is 0.783 bits per heavy atom. The summed E-state index contributed by atoms with van der Waals surface area (Å²) in [6.45, 7) is -0.321. The zero-order valence-corrected chi connectivity index (χ0v) is 40.5. The fraction of sp³-hybridized carbons (Fsp3) is 0.771. The first-order valence-electron chi connectivity index (χ1n) is 24.6. The van der Waals surface area contributed by atoms with E-state index in [1.807, 2.05) is 0 Å². The first-order valence-corrected chi connectivity index (χ1v) is 24.6. The van der Waals surface area contributed by atoms with Crippen LogP contribution in [0.4, 0.5) is 0 Å². The van der Waals surface area contributed by atoms with Gasteiger partial charge in [0.1, 0.15) is 30.3 Å². The van der Waals surface area contributed by atoms with E-state index in [1.165, 1.54) is 12.8 Å². The first-order chi connectivity index (χ1) is 32.8. The number of aliphatic hydroxyl groups excluding tert-OH is 1. The van der Waals surface area contributed by atoms with Crippen LogP contribution < -0.4 is 21.3 Å². The highest BCUT2D eigenvalue weighted by Crippen LogP contribution is 2.18. The average Bonchev–Trinajstić information content (AvgIpc) is 3.29. The number of nitrogens with one attached hydrogen (secondary N) is 4. The van der Waals surface area contributed by atoms with Gasteiger partial charge in [-0.25, -0.2) is 9.59 Å². The lowest BCUT2D eigenvalue weighted by atomic mass is 9.93. The molecule has 0 heterocycles. The van der Waals surface area contributed by atoms with Crippen LogP contribution in [-0.4, -0.2) is 134 Å². The molecule has 0 aromatic heterocycles. The summed E-state index contributed by atoms with van der Waals surface area (Å²) in [7, 11) is 1.59. The third kappa shape index (κ3) is 34.6. The molecule has 0 rings (SSSR count). The predicted molar refractivity (Wildman–Crippen MR) is 251 cm³/mol. The van der Waals surface area contributed by atoms with Gasteiger partial charge < -0.3 is 51.9 Å². The van der Waals surface area contributed by atoms with Crippen molar-refractivity contribution in [2.75, 3.05) is 20.2 Å². The molecule has 0 aromatic carbocycles. The molecule has 0 aliphatic heterocycles. The van der Waals surface area contributed by atoms with Gasteiger partial charge in [0, 0.05) is 57.9 Å². The summed E-state index contributed by atoms with van der Waals surface area (Å²) in [6, 6.07) is -3.45. The van der Waals surface area contributed by atoms with E-state index in [0.717, 1.165) is 70.6 Å². The van der Waals surface area contributed by atoms with Crippen molar-refractivity contribution in [3.05, 3.63) is 0 Å². The number of likely N-dealkylation sites (N-methyl/N-ethyl adjacent to an activating group) is 1. The monoisotopic (exact) mass is 985 g/mol. The van der Waals surface area contributed by atoms with Crippen LogP contribution >= 0.6 is 0 Å². The Kier molecular flexibility index (Phi) is 36.5. The number of aliphatic hydroxyl groups is 1. The molecule has 5 atom stereocenters. The number of carboxylic acid groups (broad SMARTS) is 5. The van der Waals surface area contributed by atoms with E-state index in [4.69, 9.17) is 10.2 Å². The van der Waals surface area contributed by atoms with Crippen LogP contribution in [-0.2, 0) is 52.7 Å². The molecule has 0 saturated carbocycles. The molecule has 0 aromatic rings. The Hall–Kier alpha value is -5.31. The minimum atomic E-state index is -1.58. The van der Waals surface area contributed by atoms with E-state index in [9.17, 15) is 73.2 Å². The maximum atomic E-state index is 12.7. The van der Waals surface area contributed by atoms with Crippen LogP contribution in [0.5, 0.6) is 0 Å². The van der Waals surface area contributed by atoms with Crippen molar-refractivity contribution >= 4 is 64.9 Å². The first kappa shape index (κ1) is 63.7. The summed E-state index contributed by atoms with van der Waals surface area (Å²) in [5.41, 5.74) is 0. The standard InChI is InChI=1S/C48H80N4O17/c1-49-37(40(56)32-53)18-16-17-29-50-41(57)27-21-33(45(62)63)30-35(54)24-26-39(48(68)69)52-43(59)28-22-34(46(64)65)31-36(55)23-25-38(47(66)67)51-42(58)19-14-12-10-8-6-4-2-3-5-7-9-11-13-15-20-44(60)61/h33-34,37-39,49,53H,2-32H2,1H3,(H,50,57)(H,51,58)(H,52,59)(H,60,61)(H,62,63)(H,64,65)(H,66,67)(H,68,69)/t33-,34-,37+,38+,39+/m1/s1. The number of unbranched alkanes of at least 4 members (excludes halogenated alkanes) is 14. The molecule has 21 heteroatoms. The van der Waals surface area contributed by atoms with Gasteiger partial charge in [-0.1, -0.05) is 77.0 Å². The van der Waals surface area contributed by atoms with Crippen molar-refractivity contribution in [1.82, 2.24) is 21.3 Å². The van der Waals surface area contributed by atoms with E-state index < -0.39 is 128 Å². The number of rotatable bonds is 47. The topological polar surface area (TPSA) is 357 Å². The molecule has 0 saturated heterocycles. The number of hydrogen-bond acceptors (Lipinski definition) is 13. The predicted octanol–water partition coefficient (Wildman–Crippen LogP) is 4.33. The summed E-state index contributed by atoms with van der Waals surface area (Å²) in [5, 5.41) is 66.3. The van der Waals surface area contributed by atoms with E-state index in [-0.39, 0.29) is 57.3 Å². The Morgan fingerprint density at radius 3 is 1.16 bits per heavy atom. The van der Waals surface area contributed by atoms with Crippen LogP contribution in [0.3, 0.4) is 0 Å². The molecule has 0 aliphatic rings. The molecule has 394 valence electrons. The number of hydrogen-bond donors (Lipinski definition) is 10. The van der Waals surface area contributed by atoms with Crippen LogP contribution in [0.2, 0.25) is 0 Å². The third-order valence-electron chi connectivity index (χ3n) is 12.0. The Morgan fingerprint density at radius 1 is 0.391 bits per heavy atom. The number of aliphatic carboxylic acids is 5. The molecule has 0 fully saturated rings. The number of Topliss-reactive ketones (excluding diaryl/α,β-unsaturated/α-hetero) is 3. The highest BCUT2D eigenvalue weighted by molar-refractivity contribution is 5.88. The lowest BCUT2D eigenvalue weighted by Crippen LogP contribution is -2.41. The molecule has 0 bridgehead atoms. The van der Waals surface area contributed by atoms with E-state index in [1.54, 1.807) is 7.05 Å². The van der Waals surface area contributed by atoms with Crippen molar-refractivity contribution < 1.29 is 83.4 Å². The molecule has 0 aliphatic carbocycles. The van der Waals surface area contributed by atoms with Crippen LogP contribution in [0.25, 0.3) is 0 Å². The SMILES string of the molecule is CN[C@@H](CCCCNC(=O)CC[C@H](CC(=O)CC[C@H](NC(=O)CC[C@H](CC(=O)CC[C@H](NC(=O)CCCCCCCCCCCCCCCCC(=O)O)C(=O)O)C(=O)O)C(=O)O)C(=O)O)C(=O)CO. The summed E-state index contributed by atoms with van der Waals surface area (Å²) in [6.07, 6.45) is 12.3. The molecule has 0 radical (unpaired) electrons. The Bertz CT molecular complexity index is 1620. The van der Waals surface area contributed by atoms with Crippen LogP contribution in [0.1, 0.15) is 186 Å². The van der Waals surface area contributed by atoms with Crippen molar-refractivity contribution in [2.45, 2.75) is 204 Å². The van der Waals surface area contributed by atoms with E-state index >= 15 is 0 Å². The number of carbonyl (C=O) groups is 11. The molecule has 10 N–H and O–H groups in total. The normalized spacial score (nSPS) is 13.2. The number of carboxylic acids is 5. The minimum absolute atomic E-state index is 0.115. The van der Waals surface area contributed by atoms with Gasteiger partial charge in [-0.3, -0.25) is 43.2 Å². The molecule has 21 nitrogen and oxygen atoms in total. The summed E-state index contributed by atoms with van der Waals surface area (Å²) in [5.74, 6) is -12.3. The quantitative estimate of drug-likeness (QED) is 0.0379. The Balaban J connectivity index is 4.58. The summed E-state index contributed by atoms with van der Waals surface area (Å²) >= 11 is 0. The van der Waals surface area contributed by atoms with Crippen LogP contribution in [0.15, 0.2) is 0 Å². The van der Waals surface area contributed by atoms with Gasteiger partial charge in [-0.15, -0.1) is 0 Å². The minimum Gasteiger partial charge on any atom is -0.481 e. The lowest BCUT2D eigenvalue weighted by molar-refractivity contribution is -0.145. The van der Waals surface area contributed by atoms with Gasteiger partial charge in [-0.2, -0.15) is 0 Å². The molecule has 69 heavy (non-hydrogen) atoms. The summed E-state index contributed by atoms with van der Waals surface area (Å²) in [4.78, 5) is 132. The van der Waals surface area contributed by atoms with E-state index in [0.29, 0.717) is 25.7 Å². The number of ketones is 3. The van der Waals surface area contributed by atoms with Crippen molar-refractivity contribution in [1.29, 1.82) is 0 Å². The largest absolute Gasteiger partial charge is 0.481 e. The zero-order valence-electron chi connectivity index (χ0n) is 40.5. The van der Waals surface area contributed by atoms with Gasteiger partial charge in [-0.05, 0) is 64.8 Å². The maximum absolute atomic E-state index is 12.7. The third-order valence-corrected chi connectivity index (χ3v) is 12.0. The molecule has 0 spiro atoms. The highest BCUT2D eigenvalue weighted by Gasteiger charge is 2.28. The smallest absolute Gasteiger partial charge is 0.326 e. The average molecular weight is 985 g/mol. The van der Waals surface area contributed by atoms with Gasteiger partial charge in [0.05, 0.1) is 17.9 Å². The lowest BCUT2D eigenvalue weighted by Gasteiger charge is -2.17. The Labute approximate surface area is 405 Å². The van der Waals surface area contributed by atoms with Crippen molar-refractivity contribution in [3.8, 4) is 0 Å². The second-order valence-electron chi connectivity index (χ2n) is 17.8. The van der Waals surface area contributed by atoms with Crippen molar-refractivity contribution in [2.24, 2.45) is 11.8 Å². The fourth-order valence-electron chi connectivity index (χ4n) is 7.70. The molecular weight excluding hydrogens is 905 g/mol. The fourth-order valence-corrected chi connectivity index (χ4v) is 7.70. The molecule has 3 amide bonds. The number of amides is 3. The summed E-state index contributed by atoms with van der Waals surface area (Å²) < 4.78 is 0. The second-order valence-corrected chi connectivity index (χ2v) is 17.8. The van der Waals surface area contributed by atoms with Gasteiger partial charge >= 0.3 is 29.8 Å². The zero-order chi connectivity index (χ0) is 52.0. The van der Waals surface area contributed by atoms with Gasteiger partial charge in [0.25, 0.3) is 0 Å². The second kappa shape index (κ2) is 39.5. The van der Waals surface area contributed by atoms with E-state index in [2.05, 4.69) is 21.3 Å². The number of carbonyl (C=O) groups excluding carboxylic acids is 6. The van der Waals surface area contributed by atoms with Crippen LogP contribution in [0, 0.1) is 11.8 Å². The van der Waals surface area contributed by atoms with Gasteiger partial charge in [0.15, 0.2) is 5.78 Å². The molecule has 0 unspecified atom stereocenters. The molecular formula is C48H80N4O17. The maximum Gasteiger partial charge on any atom is 0.326 e.